The van der Waals surface area contributed by atoms with Crippen LogP contribution in [0.5, 0.6) is 5.75 Å². The van der Waals surface area contributed by atoms with E-state index in [2.05, 4.69) is 17.0 Å². The largest absolute Gasteiger partial charge is 0.495 e. The van der Waals surface area contributed by atoms with E-state index in [-0.39, 0.29) is 5.91 Å². The van der Waals surface area contributed by atoms with E-state index in [1.54, 1.807) is 24.1 Å². The molecule has 2 aliphatic rings. The molecule has 0 unspecified atom stereocenters. The van der Waals surface area contributed by atoms with Crippen LogP contribution in [0.3, 0.4) is 0 Å². The van der Waals surface area contributed by atoms with Gasteiger partial charge in [0.25, 0.3) is 5.91 Å². The molecule has 5 nitrogen and oxygen atoms in total. The maximum absolute atomic E-state index is 12.9. The van der Waals surface area contributed by atoms with Crippen LogP contribution in [0.1, 0.15) is 31.7 Å². The van der Waals surface area contributed by atoms with Crippen LogP contribution in [0.15, 0.2) is 52.4 Å². The fraction of sp³-hybridized carbons (Fsp3) is 0.333. The summed E-state index contributed by atoms with van der Waals surface area (Å²) in [7, 11) is 1.58. The highest BCUT2D eigenvalue weighted by Gasteiger charge is 2.32. The summed E-state index contributed by atoms with van der Waals surface area (Å²) in [6.45, 7) is 4.76. The highest BCUT2D eigenvalue weighted by molar-refractivity contribution is 8.18. The number of ether oxygens (including phenoxy) is 1. The minimum absolute atomic E-state index is 0.0388. The van der Waals surface area contributed by atoms with Gasteiger partial charge in [0.05, 0.1) is 22.7 Å². The molecule has 31 heavy (non-hydrogen) atoms. The van der Waals surface area contributed by atoms with Gasteiger partial charge in [-0.05, 0) is 86.0 Å². The molecule has 0 spiro atoms. The molecule has 7 heteroatoms. The Kier molecular flexibility index (Phi) is 6.88. The number of aliphatic imine (C=N–C) groups is 1. The Morgan fingerprint density at radius 1 is 1.13 bits per heavy atom. The van der Waals surface area contributed by atoms with Crippen molar-refractivity contribution < 1.29 is 9.53 Å². The predicted octanol–water partition coefficient (Wildman–Crippen LogP) is 5.96. The van der Waals surface area contributed by atoms with Gasteiger partial charge in [0.2, 0.25) is 0 Å². The standard InChI is InChI=1S/C24H26ClN3O2S/c1-3-28-23(29)22(16-17-7-12-21(30-2)20(25)15-17)31-24(28)26-18-8-10-19(11-9-18)27-13-5-4-6-14-27/h7-12,15-16H,3-6,13-14H2,1-2H3/b22-16-,26-24?. The molecule has 0 N–H and O–H groups in total. The lowest BCUT2D eigenvalue weighted by Gasteiger charge is -2.28. The monoisotopic (exact) mass is 455 g/mol. The Morgan fingerprint density at radius 3 is 2.52 bits per heavy atom. The molecule has 0 radical (unpaired) electrons. The molecule has 2 fully saturated rings. The molecule has 2 aliphatic heterocycles. The zero-order chi connectivity index (χ0) is 21.8. The highest BCUT2D eigenvalue weighted by Crippen LogP contribution is 2.35. The van der Waals surface area contributed by atoms with E-state index in [0.29, 0.717) is 27.4 Å². The molecule has 4 rings (SSSR count). The molecule has 1 amide bonds. The van der Waals surface area contributed by atoms with E-state index in [9.17, 15) is 4.79 Å². The number of piperidine rings is 1. The van der Waals surface area contributed by atoms with Crippen LogP contribution < -0.4 is 9.64 Å². The number of hydrogen-bond donors (Lipinski definition) is 0. The average Bonchev–Trinajstić information content (AvgIpc) is 3.08. The first-order valence-electron chi connectivity index (χ1n) is 10.6. The molecular formula is C24H26ClN3O2S. The Labute approximate surface area is 192 Å². The summed E-state index contributed by atoms with van der Waals surface area (Å²) >= 11 is 7.62. The first-order valence-corrected chi connectivity index (χ1v) is 11.8. The summed E-state index contributed by atoms with van der Waals surface area (Å²) in [6.07, 6.45) is 5.67. The van der Waals surface area contributed by atoms with Crippen molar-refractivity contribution in [3.63, 3.8) is 0 Å². The van der Waals surface area contributed by atoms with Gasteiger partial charge in [-0.1, -0.05) is 17.7 Å². The number of likely N-dealkylation sites (N-methyl/N-ethyl adjacent to an activating group) is 1. The molecule has 0 aromatic heterocycles. The molecule has 2 aromatic carbocycles. The van der Waals surface area contributed by atoms with E-state index < -0.39 is 0 Å². The van der Waals surface area contributed by atoms with Gasteiger partial charge in [0.1, 0.15) is 5.75 Å². The summed E-state index contributed by atoms with van der Waals surface area (Å²) in [5.74, 6) is 0.572. The molecule has 0 bridgehead atoms. The number of benzene rings is 2. The van der Waals surface area contributed by atoms with Crippen LogP contribution in [0.25, 0.3) is 6.08 Å². The van der Waals surface area contributed by atoms with Crippen LogP contribution in [0.2, 0.25) is 5.02 Å². The third-order valence-electron chi connectivity index (χ3n) is 5.47. The number of amidine groups is 1. The topological polar surface area (TPSA) is 45.1 Å². The second-order valence-corrected chi connectivity index (χ2v) is 8.93. The summed E-state index contributed by atoms with van der Waals surface area (Å²) in [5.41, 5.74) is 2.94. The zero-order valence-corrected chi connectivity index (χ0v) is 19.4. The smallest absolute Gasteiger partial charge is 0.266 e. The first-order chi connectivity index (χ1) is 15.1. The number of anilines is 1. The van der Waals surface area contributed by atoms with Gasteiger partial charge in [-0.2, -0.15) is 0 Å². The quantitative estimate of drug-likeness (QED) is 0.521. The van der Waals surface area contributed by atoms with Crippen molar-refractivity contribution in [1.29, 1.82) is 0 Å². The second kappa shape index (κ2) is 9.79. The zero-order valence-electron chi connectivity index (χ0n) is 17.8. The maximum Gasteiger partial charge on any atom is 0.266 e. The minimum atomic E-state index is -0.0388. The van der Waals surface area contributed by atoms with E-state index in [1.807, 2.05) is 31.2 Å². The molecular weight excluding hydrogens is 430 g/mol. The van der Waals surface area contributed by atoms with Crippen molar-refractivity contribution >= 4 is 51.9 Å². The summed E-state index contributed by atoms with van der Waals surface area (Å²) in [5, 5.41) is 1.21. The van der Waals surface area contributed by atoms with E-state index in [0.717, 1.165) is 24.3 Å². The van der Waals surface area contributed by atoms with Gasteiger partial charge in [-0.3, -0.25) is 9.69 Å². The lowest BCUT2D eigenvalue weighted by molar-refractivity contribution is -0.122. The minimum Gasteiger partial charge on any atom is -0.495 e. The summed E-state index contributed by atoms with van der Waals surface area (Å²) in [6, 6.07) is 13.8. The molecule has 0 saturated carbocycles. The fourth-order valence-corrected chi connectivity index (χ4v) is 5.12. The van der Waals surface area contributed by atoms with Crippen LogP contribution in [0.4, 0.5) is 11.4 Å². The molecule has 162 valence electrons. The van der Waals surface area contributed by atoms with Crippen molar-refractivity contribution in [3.05, 3.63) is 58.0 Å². The Balaban J connectivity index is 1.55. The van der Waals surface area contributed by atoms with Crippen molar-refractivity contribution in [3.8, 4) is 5.75 Å². The molecule has 2 saturated heterocycles. The van der Waals surface area contributed by atoms with E-state index in [4.69, 9.17) is 21.3 Å². The van der Waals surface area contributed by atoms with Gasteiger partial charge in [0, 0.05) is 25.3 Å². The number of halogens is 1. The van der Waals surface area contributed by atoms with E-state index in [1.165, 1.54) is 36.7 Å². The van der Waals surface area contributed by atoms with Gasteiger partial charge in [0.15, 0.2) is 5.17 Å². The Morgan fingerprint density at radius 2 is 1.87 bits per heavy atom. The van der Waals surface area contributed by atoms with Gasteiger partial charge in [-0.25, -0.2) is 4.99 Å². The number of amides is 1. The number of nitrogens with zero attached hydrogens (tertiary/aromatic N) is 3. The number of thioether (sulfide) groups is 1. The predicted molar refractivity (Wildman–Crippen MR) is 131 cm³/mol. The molecule has 0 aliphatic carbocycles. The third kappa shape index (κ3) is 4.91. The maximum atomic E-state index is 12.9. The molecule has 2 heterocycles. The first kappa shape index (κ1) is 21.8. The van der Waals surface area contributed by atoms with Gasteiger partial charge < -0.3 is 9.64 Å². The van der Waals surface area contributed by atoms with Crippen molar-refractivity contribution in [2.75, 3.05) is 31.6 Å². The SMILES string of the molecule is CCN1C(=O)/C(=C/c2ccc(OC)c(Cl)c2)SC1=Nc1ccc(N2CCCCC2)cc1. The van der Waals surface area contributed by atoms with Crippen molar-refractivity contribution in [2.24, 2.45) is 4.99 Å². The average molecular weight is 456 g/mol. The summed E-state index contributed by atoms with van der Waals surface area (Å²) < 4.78 is 5.20. The van der Waals surface area contributed by atoms with Crippen molar-refractivity contribution in [1.82, 2.24) is 4.90 Å². The lowest BCUT2D eigenvalue weighted by Crippen LogP contribution is -2.29. The van der Waals surface area contributed by atoms with E-state index >= 15 is 0 Å². The van der Waals surface area contributed by atoms with Crippen LogP contribution in [-0.2, 0) is 4.79 Å². The van der Waals surface area contributed by atoms with Crippen molar-refractivity contribution in [2.45, 2.75) is 26.2 Å². The van der Waals surface area contributed by atoms with Crippen LogP contribution >= 0.6 is 23.4 Å². The van der Waals surface area contributed by atoms with Crippen LogP contribution in [-0.4, -0.2) is 42.7 Å². The number of carbonyl (C=O) groups is 1. The highest BCUT2D eigenvalue weighted by atomic mass is 35.5. The molecule has 0 atom stereocenters. The van der Waals surface area contributed by atoms with Crippen LogP contribution in [0, 0.1) is 0 Å². The number of rotatable bonds is 5. The Hall–Kier alpha value is -2.44. The second-order valence-electron chi connectivity index (χ2n) is 7.51. The van der Waals surface area contributed by atoms with Gasteiger partial charge >= 0.3 is 0 Å². The lowest BCUT2D eigenvalue weighted by atomic mass is 10.1. The normalized spacial score (nSPS) is 19.5. The Bertz CT molecular complexity index is 1010. The number of methoxy groups -OCH3 is 1. The molecule has 2 aromatic rings. The third-order valence-corrected chi connectivity index (χ3v) is 6.78. The number of carbonyl (C=O) groups excluding carboxylic acids is 1. The number of hydrogen-bond acceptors (Lipinski definition) is 5. The fourth-order valence-electron chi connectivity index (χ4n) is 3.79. The summed E-state index contributed by atoms with van der Waals surface area (Å²) in [4.78, 5) is 22.4. The van der Waals surface area contributed by atoms with Gasteiger partial charge in [-0.15, -0.1) is 0 Å².